The maximum absolute atomic E-state index is 13.3. The molecule has 20 heavy (non-hydrogen) atoms. The molecule has 4 nitrogen and oxygen atoms in total. The first-order valence-corrected chi connectivity index (χ1v) is 6.53. The van der Waals surface area contributed by atoms with Crippen molar-refractivity contribution in [3.8, 4) is 0 Å². The molecule has 0 heterocycles. The van der Waals surface area contributed by atoms with Gasteiger partial charge in [0.1, 0.15) is 11.6 Å². The Kier molecular flexibility index (Phi) is 6.38. The first-order valence-electron chi connectivity index (χ1n) is 6.53. The predicted molar refractivity (Wildman–Crippen MR) is 72.3 cm³/mol. The van der Waals surface area contributed by atoms with E-state index in [0.29, 0.717) is 0 Å². The smallest absolute Gasteiger partial charge is 0.315 e. The number of nitrogens with one attached hydrogen (secondary N) is 2. The number of benzene rings is 1. The Bertz CT molecular complexity index is 435. The Hall–Kier alpha value is -1.69. The fraction of sp³-hybridized carbons (Fsp3) is 0.500. The van der Waals surface area contributed by atoms with Gasteiger partial charge in [-0.2, -0.15) is 0 Å². The molecule has 0 radical (unpaired) electrons. The lowest BCUT2D eigenvalue weighted by atomic mass is 10.1. The number of aliphatic hydroxyl groups excluding tert-OH is 1. The summed E-state index contributed by atoms with van der Waals surface area (Å²) in [5.74, 6) is -1.30. The highest BCUT2D eigenvalue weighted by molar-refractivity contribution is 5.74. The third-order valence-corrected chi connectivity index (χ3v) is 3.22. The van der Waals surface area contributed by atoms with Crippen LogP contribution in [0.2, 0.25) is 0 Å². The average molecular weight is 286 g/mol. The fourth-order valence-electron chi connectivity index (χ4n) is 1.63. The quantitative estimate of drug-likeness (QED) is 0.747. The van der Waals surface area contributed by atoms with Crippen molar-refractivity contribution in [1.29, 1.82) is 0 Å². The largest absolute Gasteiger partial charge is 0.396 e. The maximum Gasteiger partial charge on any atom is 0.315 e. The Morgan fingerprint density at radius 3 is 2.45 bits per heavy atom. The molecule has 0 saturated carbocycles. The maximum atomic E-state index is 13.3. The topological polar surface area (TPSA) is 61.4 Å². The molecule has 0 aliphatic rings. The molecule has 0 bridgehead atoms. The second-order valence-corrected chi connectivity index (χ2v) is 4.80. The fourth-order valence-corrected chi connectivity index (χ4v) is 1.63. The van der Waals surface area contributed by atoms with Crippen molar-refractivity contribution in [2.75, 3.05) is 13.2 Å². The van der Waals surface area contributed by atoms with Crippen LogP contribution in [0.15, 0.2) is 18.2 Å². The van der Waals surface area contributed by atoms with Crippen molar-refractivity contribution >= 4 is 6.03 Å². The molecule has 0 aliphatic heterocycles. The number of urea groups is 1. The Balaban J connectivity index is 2.39. The van der Waals surface area contributed by atoms with Crippen LogP contribution in [0.5, 0.6) is 0 Å². The van der Waals surface area contributed by atoms with Crippen LogP contribution in [0.1, 0.15) is 19.4 Å². The van der Waals surface area contributed by atoms with E-state index < -0.39 is 17.7 Å². The third-order valence-electron chi connectivity index (χ3n) is 3.22. The van der Waals surface area contributed by atoms with E-state index in [1.54, 1.807) is 13.8 Å². The van der Waals surface area contributed by atoms with E-state index >= 15 is 0 Å². The molecule has 6 heteroatoms. The highest BCUT2D eigenvalue weighted by Gasteiger charge is 2.14. The van der Waals surface area contributed by atoms with E-state index in [1.807, 2.05) is 0 Å². The first-order chi connectivity index (χ1) is 9.45. The van der Waals surface area contributed by atoms with Crippen LogP contribution in [-0.4, -0.2) is 30.3 Å². The third kappa shape index (κ3) is 4.77. The number of aliphatic hydroxyl groups is 1. The van der Waals surface area contributed by atoms with Gasteiger partial charge in [-0.1, -0.05) is 13.0 Å². The highest BCUT2D eigenvalue weighted by Crippen LogP contribution is 2.11. The van der Waals surface area contributed by atoms with Crippen LogP contribution < -0.4 is 10.6 Å². The van der Waals surface area contributed by atoms with Gasteiger partial charge in [-0.05, 0) is 31.4 Å². The number of hydrogen-bond acceptors (Lipinski definition) is 2. The van der Waals surface area contributed by atoms with Gasteiger partial charge in [0.15, 0.2) is 0 Å². The molecule has 0 aromatic heterocycles. The summed E-state index contributed by atoms with van der Waals surface area (Å²) in [6.07, 6.45) is 0.0792. The van der Waals surface area contributed by atoms with Gasteiger partial charge < -0.3 is 15.7 Å². The lowest BCUT2D eigenvalue weighted by molar-refractivity contribution is 0.200. The van der Waals surface area contributed by atoms with Crippen LogP contribution in [-0.2, 0) is 6.42 Å². The molecular weight excluding hydrogens is 266 g/mol. The second-order valence-electron chi connectivity index (χ2n) is 4.80. The van der Waals surface area contributed by atoms with Crippen LogP contribution in [0.25, 0.3) is 0 Å². The SMILES string of the molecule is CC(CO)C(C)NC(=O)NCCc1c(F)cccc1F. The van der Waals surface area contributed by atoms with Crippen molar-refractivity contribution in [3.05, 3.63) is 35.4 Å². The van der Waals surface area contributed by atoms with E-state index in [-0.39, 0.29) is 37.1 Å². The minimum absolute atomic E-state index is 0.0259. The summed E-state index contributed by atoms with van der Waals surface area (Å²) in [5, 5.41) is 14.1. The number of amides is 2. The van der Waals surface area contributed by atoms with E-state index in [0.717, 1.165) is 0 Å². The molecule has 2 atom stereocenters. The monoisotopic (exact) mass is 286 g/mol. The molecule has 3 N–H and O–H groups in total. The Morgan fingerprint density at radius 1 is 1.30 bits per heavy atom. The minimum Gasteiger partial charge on any atom is -0.396 e. The molecule has 0 spiro atoms. The van der Waals surface area contributed by atoms with Crippen molar-refractivity contribution in [2.45, 2.75) is 26.3 Å². The lowest BCUT2D eigenvalue weighted by Crippen LogP contribution is -2.44. The van der Waals surface area contributed by atoms with Gasteiger partial charge in [0.2, 0.25) is 0 Å². The highest BCUT2D eigenvalue weighted by atomic mass is 19.1. The van der Waals surface area contributed by atoms with Crippen molar-refractivity contribution in [3.63, 3.8) is 0 Å². The van der Waals surface area contributed by atoms with E-state index in [9.17, 15) is 13.6 Å². The zero-order chi connectivity index (χ0) is 15.1. The predicted octanol–water partition coefficient (Wildman–Crippen LogP) is 1.82. The summed E-state index contributed by atoms with van der Waals surface area (Å²) in [4.78, 5) is 11.5. The van der Waals surface area contributed by atoms with Gasteiger partial charge >= 0.3 is 6.03 Å². The summed E-state index contributed by atoms with van der Waals surface area (Å²) in [6.45, 7) is 3.68. The van der Waals surface area contributed by atoms with E-state index in [2.05, 4.69) is 10.6 Å². The van der Waals surface area contributed by atoms with Gasteiger partial charge in [0.05, 0.1) is 0 Å². The van der Waals surface area contributed by atoms with Crippen molar-refractivity contribution < 1.29 is 18.7 Å². The molecule has 0 fully saturated rings. The molecule has 1 rings (SSSR count). The molecule has 1 aromatic carbocycles. The zero-order valence-electron chi connectivity index (χ0n) is 11.6. The summed E-state index contributed by atoms with van der Waals surface area (Å²) >= 11 is 0. The molecule has 0 saturated heterocycles. The average Bonchev–Trinajstić information content (AvgIpc) is 2.41. The van der Waals surface area contributed by atoms with Crippen LogP contribution in [0.4, 0.5) is 13.6 Å². The molecule has 2 amide bonds. The number of carbonyl (C=O) groups excluding carboxylic acids is 1. The van der Waals surface area contributed by atoms with Crippen LogP contribution >= 0.6 is 0 Å². The summed E-state index contributed by atoms with van der Waals surface area (Å²) in [6, 6.07) is 3.05. The molecular formula is C14H20F2N2O2. The van der Waals surface area contributed by atoms with E-state index in [4.69, 9.17) is 5.11 Å². The van der Waals surface area contributed by atoms with Gasteiger partial charge in [-0.25, -0.2) is 13.6 Å². The van der Waals surface area contributed by atoms with Gasteiger partial charge in [0.25, 0.3) is 0 Å². The molecule has 112 valence electrons. The van der Waals surface area contributed by atoms with Crippen LogP contribution in [0.3, 0.4) is 0 Å². The molecule has 1 aromatic rings. The standard InChI is InChI=1S/C14H20F2N2O2/c1-9(8-19)10(2)18-14(20)17-7-6-11-12(15)4-3-5-13(11)16/h3-5,9-10,19H,6-8H2,1-2H3,(H2,17,18,20). The lowest BCUT2D eigenvalue weighted by Gasteiger charge is -2.19. The molecule has 2 unspecified atom stereocenters. The minimum atomic E-state index is -0.616. The normalized spacial score (nSPS) is 13.7. The van der Waals surface area contributed by atoms with E-state index in [1.165, 1.54) is 18.2 Å². The van der Waals surface area contributed by atoms with Crippen LogP contribution in [0, 0.1) is 17.6 Å². The van der Waals surface area contributed by atoms with Crippen molar-refractivity contribution in [1.82, 2.24) is 10.6 Å². The van der Waals surface area contributed by atoms with Gasteiger partial charge in [0, 0.05) is 24.8 Å². The number of hydrogen-bond donors (Lipinski definition) is 3. The zero-order valence-corrected chi connectivity index (χ0v) is 11.6. The van der Waals surface area contributed by atoms with Gasteiger partial charge in [-0.3, -0.25) is 0 Å². The first kappa shape index (κ1) is 16.4. The number of rotatable bonds is 6. The Morgan fingerprint density at radius 2 is 1.90 bits per heavy atom. The number of carbonyl (C=O) groups is 1. The van der Waals surface area contributed by atoms with Gasteiger partial charge in [-0.15, -0.1) is 0 Å². The van der Waals surface area contributed by atoms with Crippen molar-refractivity contribution in [2.24, 2.45) is 5.92 Å². The summed E-state index contributed by atoms with van der Waals surface area (Å²) in [7, 11) is 0. The Labute approximate surface area is 117 Å². The summed E-state index contributed by atoms with van der Waals surface area (Å²) in [5.41, 5.74) is -0.0374. The molecule has 0 aliphatic carbocycles. The number of halogens is 2. The second kappa shape index (κ2) is 7.79. The summed E-state index contributed by atoms with van der Waals surface area (Å²) < 4.78 is 26.7.